The first-order valence-corrected chi connectivity index (χ1v) is 9.78. The Kier molecular flexibility index (Phi) is 4.87. The molecule has 0 atom stereocenters. The number of ether oxygens (including phenoxy) is 2. The number of nitrogens with zero attached hydrogens (tertiary/aromatic N) is 7. The molecule has 3 heterocycles. The summed E-state index contributed by atoms with van der Waals surface area (Å²) >= 11 is 0. The van der Waals surface area contributed by atoms with Gasteiger partial charge in [-0.2, -0.15) is 14.8 Å². The Bertz CT molecular complexity index is 1560. The van der Waals surface area contributed by atoms with E-state index in [0.717, 1.165) is 10.8 Å². The first-order valence-electron chi connectivity index (χ1n) is 9.78. The average molecular weight is 441 g/mol. The molecule has 162 valence electrons. The number of esters is 1. The molecule has 5 rings (SSSR count). The van der Waals surface area contributed by atoms with Gasteiger partial charge in [0.05, 0.1) is 24.3 Å². The Balaban J connectivity index is 1.57. The molecule has 11 nitrogen and oxygen atoms in total. The Morgan fingerprint density at radius 2 is 2.00 bits per heavy atom. The fraction of sp³-hybridized carbons (Fsp3) is 0.136. The van der Waals surface area contributed by atoms with Crippen LogP contribution in [0, 0.1) is 18.3 Å². The van der Waals surface area contributed by atoms with E-state index in [9.17, 15) is 10.1 Å². The molecule has 5 aromatic rings. The van der Waals surface area contributed by atoms with E-state index in [4.69, 9.17) is 14.0 Å². The highest BCUT2D eigenvalue weighted by Gasteiger charge is 2.20. The molecule has 11 heteroatoms. The number of hydrogen-bond donors (Lipinski definition) is 0. The van der Waals surface area contributed by atoms with E-state index in [0.29, 0.717) is 34.4 Å². The number of carbonyl (C=O) groups is 1. The van der Waals surface area contributed by atoms with Gasteiger partial charge in [0.15, 0.2) is 5.65 Å². The highest BCUT2D eigenvalue weighted by molar-refractivity contribution is 5.97. The zero-order valence-electron chi connectivity index (χ0n) is 17.5. The lowest BCUT2D eigenvalue weighted by Crippen LogP contribution is -2.06. The van der Waals surface area contributed by atoms with Crippen LogP contribution in [0.3, 0.4) is 0 Å². The molecule has 0 unspecified atom stereocenters. The number of hydrogen-bond acceptors (Lipinski definition) is 10. The third-order valence-corrected chi connectivity index (χ3v) is 4.97. The summed E-state index contributed by atoms with van der Waals surface area (Å²) in [6.45, 7) is 1.72. The maximum absolute atomic E-state index is 11.8. The highest BCUT2D eigenvalue weighted by atomic mass is 16.5. The number of carbonyl (C=O) groups excluding carboxylic acids is 1. The van der Waals surface area contributed by atoms with Crippen molar-refractivity contribution in [2.75, 3.05) is 7.11 Å². The SMILES string of the molecule is COC(=O)c1ccc(COc2nn3c(-c4noc(C)n4)nnc3c3ccccc23)c(C#N)c1. The highest BCUT2D eigenvalue weighted by Crippen LogP contribution is 2.29. The van der Waals surface area contributed by atoms with Crippen molar-refractivity contribution < 1.29 is 18.8 Å². The lowest BCUT2D eigenvalue weighted by molar-refractivity contribution is 0.0600. The molecule has 0 aliphatic heterocycles. The van der Waals surface area contributed by atoms with Crippen molar-refractivity contribution in [3.63, 3.8) is 0 Å². The maximum atomic E-state index is 11.8. The molecule has 0 aliphatic rings. The first kappa shape index (κ1) is 20.1. The maximum Gasteiger partial charge on any atom is 0.337 e. The topological polar surface area (TPSA) is 141 Å². The van der Waals surface area contributed by atoms with Crippen LogP contribution in [-0.2, 0) is 11.3 Å². The Morgan fingerprint density at radius 1 is 1.18 bits per heavy atom. The van der Waals surface area contributed by atoms with Gasteiger partial charge in [-0.3, -0.25) is 0 Å². The van der Waals surface area contributed by atoms with Crippen LogP contribution in [0.25, 0.3) is 28.1 Å². The van der Waals surface area contributed by atoms with Crippen LogP contribution < -0.4 is 4.74 Å². The van der Waals surface area contributed by atoms with Crippen LogP contribution in [0.2, 0.25) is 0 Å². The normalized spacial score (nSPS) is 10.9. The van der Waals surface area contributed by atoms with Crippen LogP contribution in [0.1, 0.15) is 27.4 Å². The number of nitriles is 1. The van der Waals surface area contributed by atoms with Crippen molar-refractivity contribution in [3.8, 4) is 23.6 Å². The predicted octanol–water partition coefficient (Wildman–Crippen LogP) is 2.87. The summed E-state index contributed by atoms with van der Waals surface area (Å²) in [6, 6.07) is 14.3. The molecule has 0 amide bonds. The molecule has 0 aliphatic carbocycles. The third-order valence-electron chi connectivity index (χ3n) is 4.97. The van der Waals surface area contributed by atoms with Gasteiger partial charge in [-0.15, -0.1) is 15.3 Å². The molecule has 0 spiro atoms. The van der Waals surface area contributed by atoms with Crippen molar-refractivity contribution >= 4 is 22.4 Å². The number of aromatic nitrogens is 6. The van der Waals surface area contributed by atoms with E-state index in [1.54, 1.807) is 19.1 Å². The van der Waals surface area contributed by atoms with Crippen molar-refractivity contribution in [1.82, 2.24) is 30.0 Å². The van der Waals surface area contributed by atoms with Gasteiger partial charge in [0.2, 0.25) is 23.4 Å². The smallest absolute Gasteiger partial charge is 0.337 e. The molecule has 2 aromatic carbocycles. The molecule has 0 saturated carbocycles. The molecule has 0 fully saturated rings. The summed E-state index contributed by atoms with van der Waals surface area (Å²) in [5, 5.41) is 27.9. The summed E-state index contributed by atoms with van der Waals surface area (Å²) in [5.41, 5.74) is 1.69. The largest absolute Gasteiger partial charge is 0.471 e. The summed E-state index contributed by atoms with van der Waals surface area (Å²) in [4.78, 5) is 16.0. The van der Waals surface area contributed by atoms with E-state index in [1.807, 2.05) is 24.3 Å². The van der Waals surface area contributed by atoms with Crippen LogP contribution >= 0.6 is 0 Å². The second kappa shape index (κ2) is 8.01. The summed E-state index contributed by atoms with van der Waals surface area (Å²) in [7, 11) is 1.29. The third kappa shape index (κ3) is 3.49. The van der Waals surface area contributed by atoms with Crippen molar-refractivity contribution in [3.05, 3.63) is 65.0 Å². The molecule has 0 bridgehead atoms. The zero-order valence-corrected chi connectivity index (χ0v) is 17.5. The van der Waals surface area contributed by atoms with E-state index < -0.39 is 5.97 Å². The number of benzene rings is 2. The summed E-state index contributed by atoms with van der Waals surface area (Å²) in [5.74, 6) is 0.726. The van der Waals surface area contributed by atoms with Crippen LogP contribution in [0.5, 0.6) is 5.88 Å². The van der Waals surface area contributed by atoms with Crippen molar-refractivity contribution in [1.29, 1.82) is 5.26 Å². The first-order chi connectivity index (χ1) is 16.1. The van der Waals surface area contributed by atoms with Gasteiger partial charge >= 0.3 is 5.97 Å². The molecular weight excluding hydrogens is 426 g/mol. The van der Waals surface area contributed by atoms with Gasteiger partial charge in [-0.25, -0.2) is 4.79 Å². The van der Waals surface area contributed by atoms with Gasteiger partial charge in [-0.05, 0) is 18.2 Å². The van der Waals surface area contributed by atoms with Gasteiger partial charge in [0, 0.05) is 23.3 Å². The van der Waals surface area contributed by atoms with E-state index in [2.05, 4.69) is 31.5 Å². The average Bonchev–Trinajstić information content (AvgIpc) is 3.47. The van der Waals surface area contributed by atoms with Gasteiger partial charge in [0.25, 0.3) is 0 Å². The second-order valence-corrected chi connectivity index (χ2v) is 7.01. The van der Waals surface area contributed by atoms with Gasteiger partial charge in [-0.1, -0.05) is 29.4 Å². The zero-order chi connectivity index (χ0) is 22.9. The number of methoxy groups -OCH3 is 1. The fourth-order valence-corrected chi connectivity index (χ4v) is 3.39. The van der Waals surface area contributed by atoms with Crippen LogP contribution in [0.4, 0.5) is 0 Å². The molecule has 0 saturated heterocycles. The number of aryl methyl sites for hydroxylation is 1. The molecule has 33 heavy (non-hydrogen) atoms. The standard InChI is InChI=1S/C22H15N7O4/c1-12-24-18(28-33-12)20-26-25-19-16-5-3-4-6-17(16)21(27-29(19)20)32-11-14-8-7-13(22(30)31-2)9-15(14)10-23/h3-9H,11H2,1-2H3. The predicted molar refractivity (Wildman–Crippen MR) is 113 cm³/mol. The summed E-state index contributed by atoms with van der Waals surface area (Å²) < 4.78 is 17.3. The second-order valence-electron chi connectivity index (χ2n) is 7.01. The van der Waals surface area contributed by atoms with E-state index >= 15 is 0 Å². The Labute approximate surface area is 186 Å². The fourth-order valence-electron chi connectivity index (χ4n) is 3.39. The van der Waals surface area contributed by atoms with Gasteiger partial charge < -0.3 is 14.0 Å². The number of rotatable bonds is 5. The molecule has 3 aromatic heterocycles. The Hall–Kier alpha value is -4.85. The Morgan fingerprint density at radius 3 is 2.73 bits per heavy atom. The minimum Gasteiger partial charge on any atom is -0.471 e. The molecule has 0 radical (unpaired) electrons. The lowest BCUT2D eigenvalue weighted by Gasteiger charge is -2.11. The molecule has 0 N–H and O–H groups in total. The van der Waals surface area contributed by atoms with Crippen molar-refractivity contribution in [2.45, 2.75) is 13.5 Å². The van der Waals surface area contributed by atoms with Crippen LogP contribution in [0.15, 0.2) is 47.0 Å². The molecular formula is C22H15N7O4. The van der Waals surface area contributed by atoms with E-state index in [1.165, 1.54) is 17.7 Å². The quantitative estimate of drug-likeness (QED) is 0.374. The van der Waals surface area contributed by atoms with Crippen LogP contribution in [-0.4, -0.2) is 43.0 Å². The minimum atomic E-state index is -0.520. The van der Waals surface area contributed by atoms with Crippen molar-refractivity contribution in [2.24, 2.45) is 0 Å². The summed E-state index contributed by atoms with van der Waals surface area (Å²) in [6.07, 6.45) is 0. The number of fused-ring (bicyclic) bond motifs is 3. The van der Waals surface area contributed by atoms with Gasteiger partial charge in [0.1, 0.15) is 6.61 Å². The minimum absolute atomic E-state index is 0.0472. The lowest BCUT2D eigenvalue weighted by atomic mass is 10.1. The van der Waals surface area contributed by atoms with E-state index in [-0.39, 0.29) is 18.0 Å². The monoisotopic (exact) mass is 441 g/mol.